The first-order valence-corrected chi connectivity index (χ1v) is 11.1. The van der Waals surface area contributed by atoms with E-state index in [9.17, 15) is 4.79 Å². The van der Waals surface area contributed by atoms with E-state index in [1.165, 1.54) is 0 Å². The quantitative estimate of drug-likeness (QED) is 0.367. The van der Waals surface area contributed by atoms with E-state index in [0.717, 1.165) is 40.1 Å². The number of hydrogen-bond donors (Lipinski definition) is 0. The van der Waals surface area contributed by atoms with Gasteiger partial charge < -0.3 is 4.74 Å². The molecule has 0 saturated carbocycles. The Hall–Kier alpha value is -4.18. The fraction of sp³-hybridized carbons (Fsp3) is 0.103. The smallest absolute Gasteiger partial charge is 0.251 e. The van der Waals surface area contributed by atoms with Crippen LogP contribution >= 0.6 is 0 Å². The number of ketones is 1. The predicted molar refractivity (Wildman–Crippen MR) is 129 cm³/mol. The zero-order valence-corrected chi connectivity index (χ0v) is 18.0. The highest BCUT2D eigenvalue weighted by Crippen LogP contribution is 2.43. The summed E-state index contributed by atoms with van der Waals surface area (Å²) in [5.74, 6) is 0.662. The van der Waals surface area contributed by atoms with Crippen molar-refractivity contribution in [2.45, 2.75) is 18.7 Å². The lowest BCUT2D eigenvalue weighted by molar-refractivity contribution is -0.00455. The van der Waals surface area contributed by atoms with Crippen LogP contribution in [0.25, 0.3) is 11.1 Å². The number of Topliss-reactive ketones (excluding diaryl/α,β-unsaturated/α-hetero) is 1. The number of benzene rings is 4. The fourth-order valence-corrected chi connectivity index (χ4v) is 4.61. The second-order valence-corrected chi connectivity index (χ2v) is 8.33. The van der Waals surface area contributed by atoms with E-state index >= 15 is 0 Å². The number of carbonyl (C=O) groups excluding carboxylic acids is 1. The summed E-state index contributed by atoms with van der Waals surface area (Å²) < 4.78 is 6.23. The highest BCUT2D eigenvalue weighted by atomic mass is 16.5. The third-order valence-electron chi connectivity index (χ3n) is 6.31. The van der Waals surface area contributed by atoms with Crippen molar-refractivity contribution in [3.63, 3.8) is 0 Å². The van der Waals surface area contributed by atoms with Crippen LogP contribution in [0, 0.1) is 0 Å². The minimum atomic E-state index is -0.798. The third-order valence-corrected chi connectivity index (χ3v) is 6.31. The molecule has 160 valence electrons. The van der Waals surface area contributed by atoms with Gasteiger partial charge in [-0.15, -0.1) is 0 Å². The molecule has 0 spiro atoms. The van der Waals surface area contributed by atoms with Crippen molar-refractivity contribution in [3.8, 4) is 16.9 Å². The minimum Gasteiger partial charge on any atom is -0.461 e. The molecule has 0 aliphatic carbocycles. The molecule has 4 heteroatoms. The number of rotatable bonds is 4. The summed E-state index contributed by atoms with van der Waals surface area (Å²) in [5.41, 5.74) is 5.92. The van der Waals surface area contributed by atoms with Gasteiger partial charge in [-0.3, -0.25) is 4.79 Å². The lowest BCUT2D eigenvalue weighted by Crippen LogP contribution is -2.45. The molecular formula is C29H22N2O2. The second-order valence-electron chi connectivity index (χ2n) is 8.33. The molecular weight excluding hydrogens is 408 g/mol. The Balaban J connectivity index is 1.35. The van der Waals surface area contributed by atoms with Gasteiger partial charge in [0, 0.05) is 17.5 Å². The van der Waals surface area contributed by atoms with Crippen LogP contribution in [-0.2, 0) is 0 Å². The lowest BCUT2D eigenvalue weighted by atomic mass is 9.95. The maximum atomic E-state index is 13.6. The molecule has 2 atom stereocenters. The molecule has 0 amide bonds. The first kappa shape index (κ1) is 19.5. The van der Waals surface area contributed by atoms with E-state index in [0.29, 0.717) is 5.56 Å². The number of ether oxygens (including phenoxy) is 1. The Morgan fingerprint density at radius 2 is 1.33 bits per heavy atom. The van der Waals surface area contributed by atoms with Crippen LogP contribution in [-0.4, -0.2) is 22.7 Å². The van der Waals surface area contributed by atoms with Gasteiger partial charge in [0.15, 0.2) is 0 Å². The van der Waals surface area contributed by atoms with E-state index in [2.05, 4.69) is 30.3 Å². The molecule has 0 unspecified atom stereocenters. The Labute approximate surface area is 192 Å². The van der Waals surface area contributed by atoms with Gasteiger partial charge in [0.05, 0.1) is 11.8 Å². The Bertz CT molecular complexity index is 1330. The number of carbonyl (C=O) groups is 1. The van der Waals surface area contributed by atoms with Crippen molar-refractivity contribution in [2.75, 3.05) is 0 Å². The first-order chi connectivity index (χ1) is 16.3. The van der Waals surface area contributed by atoms with Crippen molar-refractivity contribution in [1.29, 1.82) is 0 Å². The Kier molecular flexibility index (Phi) is 4.76. The van der Waals surface area contributed by atoms with Gasteiger partial charge in [-0.1, -0.05) is 103 Å². The molecule has 0 radical (unpaired) electrons. The average molecular weight is 431 g/mol. The number of hydrogen-bond acceptors (Lipinski definition) is 4. The van der Waals surface area contributed by atoms with Crippen LogP contribution in [0.4, 0.5) is 0 Å². The molecule has 0 fully saturated rings. The zero-order valence-electron chi connectivity index (χ0n) is 18.0. The molecule has 2 aliphatic rings. The van der Waals surface area contributed by atoms with Gasteiger partial charge >= 0.3 is 0 Å². The number of para-hydroxylation sites is 1. The summed E-state index contributed by atoms with van der Waals surface area (Å²) >= 11 is 0. The largest absolute Gasteiger partial charge is 0.461 e. The predicted octanol–water partition coefficient (Wildman–Crippen LogP) is 6.11. The summed E-state index contributed by atoms with van der Waals surface area (Å²) in [7, 11) is 0. The number of nitrogens with zero attached hydrogens (tertiary/aromatic N) is 2. The minimum absolute atomic E-state index is 0.0253. The van der Waals surface area contributed by atoms with Gasteiger partial charge in [0.2, 0.25) is 5.78 Å². The van der Waals surface area contributed by atoms with Crippen molar-refractivity contribution in [2.24, 2.45) is 5.10 Å². The van der Waals surface area contributed by atoms with Crippen LogP contribution in [0.3, 0.4) is 0 Å². The molecule has 0 bridgehead atoms. The number of fused-ring (bicyclic) bond motifs is 3. The van der Waals surface area contributed by atoms with Gasteiger partial charge in [-0.25, -0.2) is 5.01 Å². The standard InChI is InChI=1S/C29H22N2O2/c32-28(23-17-15-21(16-18-23)20-9-3-1-4-10-20)29-31-26(24-13-7-8-14-27(24)33-29)19-25(30-31)22-11-5-2-6-12-22/h1-18,26,29H,19H2/t26-,29+/m1/s1. The van der Waals surface area contributed by atoms with E-state index in [1.54, 1.807) is 0 Å². The van der Waals surface area contributed by atoms with Crippen LogP contribution in [0.2, 0.25) is 0 Å². The molecule has 4 nitrogen and oxygen atoms in total. The van der Waals surface area contributed by atoms with Crippen LogP contribution in [0.15, 0.2) is 114 Å². The lowest BCUT2D eigenvalue weighted by Gasteiger charge is -2.37. The monoisotopic (exact) mass is 430 g/mol. The van der Waals surface area contributed by atoms with Crippen LogP contribution in [0.5, 0.6) is 5.75 Å². The molecule has 2 aliphatic heterocycles. The van der Waals surface area contributed by atoms with E-state index in [1.807, 2.05) is 83.9 Å². The molecule has 6 rings (SSSR count). The normalized spacial score (nSPS) is 18.7. The van der Waals surface area contributed by atoms with Gasteiger partial charge in [0.25, 0.3) is 6.23 Å². The van der Waals surface area contributed by atoms with E-state index in [-0.39, 0.29) is 11.8 Å². The fourth-order valence-electron chi connectivity index (χ4n) is 4.61. The Morgan fingerprint density at radius 1 is 0.727 bits per heavy atom. The topological polar surface area (TPSA) is 41.9 Å². The summed E-state index contributed by atoms with van der Waals surface area (Å²) in [4.78, 5) is 13.6. The first-order valence-electron chi connectivity index (χ1n) is 11.1. The summed E-state index contributed by atoms with van der Waals surface area (Å²) in [6, 6.07) is 35.9. The van der Waals surface area contributed by atoms with Crippen LogP contribution < -0.4 is 4.74 Å². The SMILES string of the molecule is O=C(c1ccc(-c2ccccc2)cc1)[C@@H]1Oc2ccccc2[C@H]2CC(c3ccccc3)=NN21. The second kappa shape index (κ2) is 8.06. The van der Waals surface area contributed by atoms with Crippen molar-refractivity contribution < 1.29 is 9.53 Å². The van der Waals surface area contributed by atoms with Gasteiger partial charge in [-0.05, 0) is 22.8 Å². The molecule has 0 N–H and O–H groups in total. The Morgan fingerprint density at radius 3 is 2.06 bits per heavy atom. The number of hydrazone groups is 1. The van der Waals surface area contributed by atoms with Crippen LogP contribution in [0.1, 0.15) is 33.9 Å². The van der Waals surface area contributed by atoms with Crippen molar-refractivity contribution in [1.82, 2.24) is 5.01 Å². The molecule has 4 aromatic rings. The van der Waals surface area contributed by atoms with Gasteiger partial charge in [-0.2, -0.15) is 5.10 Å². The molecule has 2 heterocycles. The summed E-state index contributed by atoms with van der Waals surface area (Å²) in [5, 5.41) is 6.72. The molecule has 4 aromatic carbocycles. The average Bonchev–Trinajstić information content (AvgIpc) is 3.35. The molecule has 33 heavy (non-hydrogen) atoms. The zero-order chi connectivity index (χ0) is 22.2. The third kappa shape index (κ3) is 3.50. The maximum absolute atomic E-state index is 13.6. The summed E-state index contributed by atoms with van der Waals surface area (Å²) in [6.45, 7) is 0. The molecule has 0 saturated heterocycles. The van der Waals surface area contributed by atoms with Gasteiger partial charge in [0.1, 0.15) is 5.75 Å². The molecule has 0 aromatic heterocycles. The maximum Gasteiger partial charge on any atom is 0.251 e. The highest BCUT2D eigenvalue weighted by Gasteiger charge is 2.43. The van der Waals surface area contributed by atoms with E-state index < -0.39 is 6.23 Å². The van der Waals surface area contributed by atoms with E-state index in [4.69, 9.17) is 9.84 Å². The summed E-state index contributed by atoms with van der Waals surface area (Å²) in [6.07, 6.45) is -0.0603. The highest BCUT2D eigenvalue weighted by molar-refractivity contribution is 6.03. The van der Waals surface area contributed by atoms with Crippen molar-refractivity contribution in [3.05, 3.63) is 126 Å². The van der Waals surface area contributed by atoms with Crippen molar-refractivity contribution >= 4 is 11.5 Å².